The summed E-state index contributed by atoms with van der Waals surface area (Å²) in [4.78, 5) is 26.9. The first-order chi connectivity index (χ1) is 31.3. The van der Waals surface area contributed by atoms with Crippen LogP contribution in [0.5, 0.6) is 0 Å². The zero-order valence-corrected chi connectivity index (χ0v) is 41.7. The normalized spacial score (nSPS) is 22.2. The third-order valence-corrected chi connectivity index (χ3v) is 15.6. The smallest absolute Gasteiger partial charge is 0.416 e. The molecule has 2 aliphatic heterocycles. The van der Waals surface area contributed by atoms with Crippen molar-refractivity contribution in [1.82, 2.24) is 40.0 Å². The van der Waals surface area contributed by atoms with Crippen LogP contribution in [-0.4, -0.2) is 133 Å². The highest BCUT2D eigenvalue weighted by Crippen LogP contribution is 2.62. The predicted octanol–water partition coefficient (Wildman–Crippen LogP) is 7.22. The van der Waals surface area contributed by atoms with Gasteiger partial charge in [-0.05, 0) is 90.6 Å². The van der Waals surface area contributed by atoms with Crippen molar-refractivity contribution < 1.29 is 51.9 Å². The first kappa shape index (κ1) is 49.9. The number of amides is 1. The van der Waals surface area contributed by atoms with Crippen LogP contribution in [0.4, 0.5) is 10.6 Å². The van der Waals surface area contributed by atoms with Crippen molar-refractivity contribution in [3.05, 3.63) is 53.7 Å². The van der Waals surface area contributed by atoms with Crippen LogP contribution in [0.2, 0.25) is 25.7 Å². The Morgan fingerprint density at radius 1 is 1.05 bits per heavy atom. The zero-order chi connectivity index (χ0) is 47.5. The SMILES string of the molecule is CCOP(=O)(OCC)[C@@](CO)(Cc1nnn(COCC[Si](C)(C)C)n1)OC[C@H]1O[C@@H](n2ncc3c(N(C(=O)OC(C)(C)C)C4CCC4)nc(/C=C/c4ccccc4)nc32)[C@@H]2OC(C)(C)O[C@@H]21. The van der Waals surface area contributed by atoms with Crippen molar-refractivity contribution in [2.45, 2.75) is 154 Å². The molecule has 3 aliphatic rings. The van der Waals surface area contributed by atoms with E-state index in [-0.39, 0.29) is 44.8 Å². The summed E-state index contributed by atoms with van der Waals surface area (Å²) >= 11 is 0. The van der Waals surface area contributed by atoms with Gasteiger partial charge in [0.25, 0.3) is 0 Å². The molecule has 4 aromatic rings. The molecule has 1 aromatic carbocycles. The number of aromatic nitrogens is 8. The maximum absolute atomic E-state index is 14.8. The van der Waals surface area contributed by atoms with Gasteiger partial charge in [-0.3, -0.25) is 9.46 Å². The van der Waals surface area contributed by atoms with Crippen molar-refractivity contribution >= 4 is 50.8 Å². The maximum atomic E-state index is 14.8. The largest absolute Gasteiger partial charge is 0.443 e. The van der Waals surface area contributed by atoms with E-state index < -0.39 is 69.6 Å². The molecule has 1 saturated carbocycles. The Kier molecular flexibility index (Phi) is 15.3. The number of benzene rings is 1. The highest BCUT2D eigenvalue weighted by molar-refractivity contribution is 7.55. The molecule has 0 radical (unpaired) electrons. The van der Waals surface area contributed by atoms with E-state index >= 15 is 0 Å². The number of hydrogen-bond donors (Lipinski definition) is 1. The van der Waals surface area contributed by atoms with E-state index in [1.807, 2.05) is 57.2 Å². The monoisotopic (exact) mass is 955 g/mol. The quantitative estimate of drug-likeness (QED) is 0.0495. The fraction of sp³-hybridized carbons (Fsp3) is 0.659. The van der Waals surface area contributed by atoms with Crippen LogP contribution >= 0.6 is 7.60 Å². The van der Waals surface area contributed by atoms with Gasteiger partial charge in [0.15, 0.2) is 47.2 Å². The van der Waals surface area contributed by atoms with Crippen molar-refractivity contribution in [3.63, 3.8) is 0 Å². The van der Waals surface area contributed by atoms with Gasteiger partial charge in [-0.25, -0.2) is 19.4 Å². The number of ether oxygens (including phenoxy) is 6. The van der Waals surface area contributed by atoms with Gasteiger partial charge in [0, 0.05) is 20.7 Å². The van der Waals surface area contributed by atoms with Gasteiger partial charge in [0.1, 0.15) is 23.9 Å². The van der Waals surface area contributed by atoms with Gasteiger partial charge in [-0.2, -0.15) is 5.10 Å². The van der Waals surface area contributed by atoms with Crippen molar-refractivity contribution in [1.29, 1.82) is 0 Å². The summed E-state index contributed by atoms with van der Waals surface area (Å²) in [7, 11) is -5.59. The van der Waals surface area contributed by atoms with Gasteiger partial charge >= 0.3 is 13.7 Å². The Morgan fingerprint density at radius 3 is 2.39 bits per heavy atom. The van der Waals surface area contributed by atoms with E-state index in [1.165, 1.54) is 4.80 Å². The molecule has 5 heterocycles. The van der Waals surface area contributed by atoms with Crippen LogP contribution in [0.3, 0.4) is 0 Å². The lowest BCUT2D eigenvalue weighted by atomic mass is 9.91. The lowest BCUT2D eigenvalue weighted by Gasteiger charge is -2.37. The van der Waals surface area contributed by atoms with Crippen LogP contribution in [-0.2, 0) is 55.2 Å². The Hall–Kier alpha value is -4.02. The molecular formula is C44H66N9O11PSi. The first-order valence-electron chi connectivity index (χ1n) is 22.8. The molecule has 362 valence electrons. The third-order valence-electron chi connectivity index (χ3n) is 11.3. The van der Waals surface area contributed by atoms with Crippen LogP contribution in [0, 0.1) is 0 Å². The van der Waals surface area contributed by atoms with Crippen LogP contribution < -0.4 is 4.90 Å². The van der Waals surface area contributed by atoms with E-state index in [1.54, 1.807) is 49.5 Å². The van der Waals surface area contributed by atoms with Crippen LogP contribution in [0.25, 0.3) is 23.2 Å². The van der Waals surface area contributed by atoms with Crippen molar-refractivity contribution in [2.24, 2.45) is 0 Å². The molecule has 3 fully saturated rings. The molecule has 0 bridgehead atoms. The minimum Gasteiger partial charge on any atom is -0.443 e. The number of aliphatic hydroxyl groups is 1. The number of hydrogen-bond acceptors (Lipinski definition) is 17. The molecule has 1 N–H and O–H groups in total. The number of fused-ring (bicyclic) bond motifs is 2. The molecule has 5 atom stereocenters. The lowest BCUT2D eigenvalue weighted by molar-refractivity contribution is -0.207. The molecule has 7 rings (SSSR count). The Morgan fingerprint density at radius 2 is 1.76 bits per heavy atom. The molecule has 1 amide bonds. The number of tetrazole rings is 1. The average molecular weight is 956 g/mol. The van der Waals surface area contributed by atoms with Gasteiger partial charge < -0.3 is 42.6 Å². The van der Waals surface area contributed by atoms with E-state index in [2.05, 4.69) is 35.1 Å². The molecule has 3 aromatic heterocycles. The topological polar surface area (TPSA) is 219 Å². The molecule has 0 spiro atoms. The summed E-state index contributed by atoms with van der Waals surface area (Å²) in [6.07, 6.45) is 3.71. The summed E-state index contributed by atoms with van der Waals surface area (Å²) in [5.41, 5.74) is 0.549. The molecule has 1 aliphatic carbocycles. The second-order valence-electron chi connectivity index (χ2n) is 19.4. The molecule has 2 saturated heterocycles. The fourth-order valence-corrected chi connectivity index (χ4v) is 10.6. The van der Waals surface area contributed by atoms with Gasteiger partial charge in [-0.15, -0.1) is 15.0 Å². The first-order valence-corrected chi connectivity index (χ1v) is 28.0. The lowest BCUT2D eigenvalue weighted by Crippen LogP contribution is -2.47. The third kappa shape index (κ3) is 11.5. The summed E-state index contributed by atoms with van der Waals surface area (Å²) in [5, 5.41) is 27.3. The zero-order valence-electron chi connectivity index (χ0n) is 39.8. The summed E-state index contributed by atoms with van der Waals surface area (Å²) in [5.74, 6) is -0.247. The van der Waals surface area contributed by atoms with Gasteiger partial charge in [0.2, 0.25) is 0 Å². The molecule has 22 heteroatoms. The molecule has 66 heavy (non-hydrogen) atoms. The molecular weight excluding hydrogens is 890 g/mol. The van der Waals surface area contributed by atoms with E-state index in [0.29, 0.717) is 29.3 Å². The number of anilines is 1. The Balaban J connectivity index is 1.23. The van der Waals surface area contributed by atoms with Crippen molar-refractivity contribution in [3.8, 4) is 0 Å². The Labute approximate surface area is 387 Å². The molecule has 0 unspecified atom stereocenters. The highest BCUT2D eigenvalue weighted by atomic mass is 31.2. The predicted molar refractivity (Wildman–Crippen MR) is 247 cm³/mol. The van der Waals surface area contributed by atoms with Crippen molar-refractivity contribution in [2.75, 3.05) is 37.9 Å². The Bertz CT molecular complexity index is 2340. The summed E-state index contributed by atoms with van der Waals surface area (Å²) in [6, 6.07) is 10.6. The van der Waals surface area contributed by atoms with E-state index in [4.69, 9.17) is 52.5 Å². The van der Waals surface area contributed by atoms with Crippen LogP contribution in [0.15, 0.2) is 36.5 Å². The molecule has 20 nitrogen and oxygen atoms in total. The second-order valence-corrected chi connectivity index (χ2v) is 27.3. The standard InChI is InChI=1S/C44H66N9O11PSi/c1-11-59-65(56,60-12-2)44(28-54,25-35-48-50-51(49-35)29-57-23-24-66(8,9)10)58-27-33-36-37(63-43(6,7)62-36)40(61-33)53-39-32(26-45-53)38(46-34(47-39)22-21-30-17-14-13-15-18-30)52(31-19-16-20-31)41(55)64-42(3,4)5/h13-15,17-18,21-22,26,31,33,36-37,40,54H,11-12,16,19-20,23-25,27-29H2,1-10H3/b22-21+/t33-,36-,37-,40-,44-/m1/s1. The van der Waals surface area contributed by atoms with Gasteiger partial charge in [0.05, 0.1) is 44.4 Å². The van der Waals surface area contributed by atoms with E-state index in [9.17, 15) is 14.5 Å². The number of nitrogens with zero attached hydrogens (tertiary/aromatic N) is 9. The minimum atomic E-state index is -4.27. The number of carbonyl (C=O) groups excluding carboxylic acids is 1. The number of rotatable bonds is 21. The summed E-state index contributed by atoms with van der Waals surface area (Å²) < 4.78 is 66.1. The highest BCUT2D eigenvalue weighted by Gasteiger charge is 2.59. The van der Waals surface area contributed by atoms with E-state index in [0.717, 1.165) is 30.9 Å². The van der Waals surface area contributed by atoms with Gasteiger partial charge in [-0.1, -0.05) is 56.0 Å². The average Bonchev–Trinajstić information content (AvgIpc) is 4.01. The summed E-state index contributed by atoms with van der Waals surface area (Å²) in [6.45, 7) is 18.8. The minimum absolute atomic E-state index is 0.00384. The number of carbonyl (C=O) groups is 1. The number of aliphatic hydroxyl groups excluding tert-OH is 1. The second kappa shape index (κ2) is 20.3. The maximum Gasteiger partial charge on any atom is 0.416 e. The fourth-order valence-electron chi connectivity index (χ4n) is 7.90. The van der Waals surface area contributed by atoms with Crippen LogP contribution in [0.1, 0.15) is 91.2 Å².